The van der Waals surface area contributed by atoms with Crippen LogP contribution < -0.4 is 4.90 Å². The first-order valence-corrected chi connectivity index (χ1v) is 17.1. The van der Waals surface area contributed by atoms with E-state index in [-0.39, 0.29) is 30.1 Å². The molecule has 0 N–H and O–H groups in total. The summed E-state index contributed by atoms with van der Waals surface area (Å²) in [7, 11) is -4.01. The van der Waals surface area contributed by atoms with Crippen LogP contribution in [0.25, 0.3) is 11.3 Å². The molecule has 2 aliphatic heterocycles. The summed E-state index contributed by atoms with van der Waals surface area (Å²) in [6.45, 7) is 3.54. The van der Waals surface area contributed by atoms with Crippen molar-refractivity contribution in [3.8, 4) is 11.3 Å². The van der Waals surface area contributed by atoms with E-state index in [0.29, 0.717) is 55.4 Å². The summed E-state index contributed by atoms with van der Waals surface area (Å²) in [5.41, 5.74) is 1.61. The number of nitrogens with zero attached hydrogens (tertiary/aromatic N) is 6. The molecule has 2 aromatic heterocycles. The van der Waals surface area contributed by atoms with Crippen LogP contribution in [-0.2, 0) is 34.0 Å². The average Bonchev–Trinajstić information content (AvgIpc) is 3.59. The van der Waals surface area contributed by atoms with Crippen molar-refractivity contribution in [2.45, 2.75) is 49.3 Å². The van der Waals surface area contributed by atoms with Gasteiger partial charge in [-0.1, -0.05) is 18.2 Å². The van der Waals surface area contributed by atoms with E-state index < -0.39 is 33.6 Å². The van der Waals surface area contributed by atoms with Crippen molar-refractivity contribution in [2.75, 3.05) is 37.6 Å². The molecule has 0 spiro atoms. The van der Waals surface area contributed by atoms with Crippen molar-refractivity contribution in [1.29, 1.82) is 0 Å². The molecule has 4 heterocycles. The Morgan fingerprint density at radius 2 is 1.60 bits per heavy atom. The summed E-state index contributed by atoms with van der Waals surface area (Å²) >= 11 is 0. The molecule has 2 aromatic carbocycles. The van der Waals surface area contributed by atoms with Crippen molar-refractivity contribution in [3.63, 3.8) is 0 Å². The molecule has 1 atom stereocenters. The number of sulfonamides is 1. The summed E-state index contributed by atoms with van der Waals surface area (Å²) in [5, 5.41) is 0. The van der Waals surface area contributed by atoms with E-state index >= 15 is 0 Å². The maximum absolute atomic E-state index is 13.5. The quantitative estimate of drug-likeness (QED) is 0.206. The van der Waals surface area contributed by atoms with E-state index in [1.807, 2.05) is 23.1 Å². The maximum Gasteiger partial charge on any atom is 0.416 e. The SMILES string of the molecule is O=C(CCc1cc(-c2ccc(C(F)(F)F)cc2)nc(N2CCN(Cc3ccccn3)CC2)n1)[C@@H]1CCCN1S(=O)(=O)c1ccc(F)cc1. The number of ketones is 1. The van der Waals surface area contributed by atoms with Crippen LogP contribution in [0.4, 0.5) is 23.5 Å². The lowest BCUT2D eigenvalue weighted by Crippen LogP contribution is -2.46. The van der Waals surface area contributed by atoms with Gasteiger partial charge in [-0.25, -0.2) is 22.8 Å². The van der Waals surface area contributed by atoms with Gasteiger partial charge in [-0.2, -0.15) is 17.5 Å². The lowest BCUT2D eigenvalue weighted by Gasteiger charge is -2.34. The number of anilines is 1. The molecule has 14 heteroatoms. The maximum atomic E-state index is 13.5. The molecule has 0 unspecified atom stereocenters. The second-order valence-corrected chi connectivity index (χ2v) is 13.8. The number of carbonyl (C=O) groups excluding carboxylic acids is 1. The van der Waals surface area contributed by atoms with Gasteiger partial charge in [0, 0.05) is 63.1 Å². The number of halogens is 4. The summed E-state index contributed by atoms with van der Waals surface area (Å²) in [4.78, 5) is 31.6. The van der Waals surface area contributed by atoms with E-state index in [2.05, 4.69) is 9.88 Å². The first-order valence-electron chi connectivity index (χ1n) is 15.7. The zero-order valence-electron chi connectivity index (χ0n) is 26.0. The Labute approximate surface area is 276 Å². The van der Waals surface area contributed by atoms with Crippen LogP contribution in [0.15, 0.2) is 83.9 Å². The Kier molecular flexibility index (Phi) is 9.85. The van der Waals surface area contributed by atoms with E-state index in [0.717, 1.165) is 43.0 Å². The van der Waals surface area contributed by atoms with Crippen molar-refractivity contribution in [2.24, 2.45) is 0 Å². The Bertz CT molecular complexity index is 1830. The van der Waals surface area contributed by atoms with Gasteiger partial charge in [-0.05, 0) is 73.9 Å². The van der Waals surface area contributed by atoms with Crippen LogP contribution in [0.5, 0.6) is 0 Å². The van der Waals surface area contributed by atoms with Gasteiger partial charge in [0.05, 0.1) is 27.9 Å². The number of aromatic nitrogens is 3. The Balaban J connectivity index is 1.20. The molecule has 0 bridgehead atoms. The normalized spacial score (nSPS) is 17.9. The number of piperazine rings is 1. The fourth-order valence-corrected chi connectivity index (χ4v) is 7.75. The molecule has 0 radical (unpaired) electrons. The summed E-state index contributed by atoms with van der Waals surface area (Å²) in [5.74, 6) is -0.416. The minimum Gasteiger partial charge on any atom is -0.338 e. The van der Waals surface area contributed by atoms with Crippen molar-refractivity contribution in [3.05, 3.63) is 102 Å². The largest absolute Gasteiger partial charge is 0.416 e. The highest BCUT2D eigenvalue weighted by atomic mass is 32.2. The minimum atomic E-state index is -4.48. The molecule has 9 nitrogen and oxygen atoms in total. The topological polar surface area (TPSA) is 99.6 Å². The number of pyridine rings is 1. The molecule has 2 saturated heterocycles. The van der Waals surface area contributed by atoms with Crippen molar-refractivity contribution < 1.29 is 30.8 Å². The molecular weight excluding hydrogens is 648 g/mol. The van der Waals surface area contributed by atoms with Crippen LogP contribution in [0.2, 0.25) is 0 Å². The fraction of sp³-hybridized carbons (Fsp3) is 0.353. The molecule has 2 aliphatic rings. The van der Waals surface area contributed by atoms with Crippen molar-refractivity contribution >= 4 is 21.8 Å². The van der Waals surface area contributed by atoms with Gasteiger partial charge >= 0.3 is 6.18 Å². The number of carbonyl (C=O) groups is 1. The van der Waals surface area contributed by atoms with E-state index in [4.69, 9.17) is 9.97 Å². The third-order valence-corrected chi connectivity index (χ3v) is 10.6. The van der Waals surface area contributed by atoms with Gasteiger partial charge in [0.1, 0.15) is 5.82 Å². The molecule has 4 aromatic rings. The van der Waals surface area contributed by atoms with Crippen LogP contribution in [0.1, 0.15) is 36.2 Å². The summed E-state index contributed by atoms with van der Waals surface area (Å²) in [6, 6.07) is 15.9. The Morgan fingerprint density at radius 1 is 0.875 bits per heavy atom. The number of aryl methyl sites for hydroxylation is 1. The predicted octanol–water partition coefficient (Wildman–Crippen LogP) is 5.37. The number of Topliss-reactive ketones (excluding diaryl/α,β-unsaturated/α-hetero) is 1. The van der Waals surface area contributed by atoms with Crippen LogP contribution >= 0.6 is 0 Å². The van der Waals surface area contributed by atoms with E-state index in [1.54, 1.807) is 12.3 Å². The molecule has 0 amide bonds. The summed E-state index contributed by atoms with van der Waals surface area (Å²) in [6.07, 6.45) is -1.66. The predicted molar refractivity (Wildman–Crippen MR) is 171 cm³/mol. The third kappa shape index (κ3) is 7.71. The summed E-state index contributed by atoms with van der Waals surface area (Å²) < 4.78 is 81.0. The highest BCUT2D eigenvalue weighted by molar-refractivity contribution is 7.89. The number of hydrogen-bond donors (Lipinski definition) is 0. The molecule has 48 heavy (non-hydrogen) atoms. The van der Waals surface area contributed by atoms with Gasteiger partial charge in [0.15, 0.2) is 5.78 Å². The van der Waals surface area contributed by atoms with Gasteiger partial charge in [-0.3, -0.25) is 14.7 Å². The third-order valence-electron chi connectivity index (χ3n) is 8.67. The van der Waals surface area contributed by atoms with E-state index in [9.17, 15) is 30.8 Å². The molecule has 2 fully saturated rings. The van der Waals surface area contributed by atoms with E-state index in [1.165, 1.54) is 28.6 Å². The van der Waals surface area contributed by atoms with Crippen LogP contribution in [0, 0.1) is 5.82 Å². The minimum absolute atomic E-state index is 0.000856. The van der Waals surface area contributed by atoms with Crippen LogP contribution in [-0.4, -0.2) is 77.1 Å². The van der Waals surface area contributed by atoms with Gasteiger partial charge < -0.3 is 4.90 Å². The zero-order chi connectivity index (χ0) is 33.9. The zero-order valence-corrected chi connectivity index (χ0v) is 26.8. The molecule has 252 valence electrons. The van der Waals surface area contributed by atoms with Gasteiger partial charge in [0.2, 0.25) is 16.0 Å². The lowest BCUT2D eigenvalue weighted by atomic mass is 10.0. The standard InChI is InChI=1S/C34H34F4N6O3S/c35-26-10-13-29(14-11-26)48(46,47)44-17-3-5-31(44)32(45)15-12-27-22-30(24-6-8-25(9-7-24)34(36,37)38)41-33(40-27)43-20-18-42(19-21-43)23-28-4-1-2-16-39-28/h1-2,4,6-11,13-14,16,22,31H,3,5,12,15,17-21,23H2/t31-/m0/s1. The highest BCUT2D eigenvalue weighted by Crippen LogP contribution is 2.32. The lowest BCUT2D eigenvalue weighted by molar-refractivity contribution is -0.137. The van der Waals surface area contributed by atoms with Crippen LogP contribution in [0.3, 0.4) is 0 Å². The monoisotopic (exact) mass is 682 g/mol. The molecule has 6 rings (SSSR count). The van der Waals surface area contributed by atoms with Gasteiger partial charge in [0.25, 0.3) is 0 Å². The molecule has 0 aliphatic carbocycles. The number of benzene rings is 2. The smallest absolute Gasteiger partial charge is 0.338 e. The Morgan fingerprint density at radius 3 is 2.27 bits per heavy atom. The molecule has 0 saturated carbocycles. The highest BCUT2D eigenvalue weighted by Gasteiger charge is 2.39. The average molecular weight is 683 g/mol. The second-order valence-electron chi connectivity index (χ2n) is 11.9. The fourth-order valence-electron chi connectivity index (χ4n) is 6.07. The van der Waals surface area contributed by atoms with Crippen molar-refractivity contribution in [1.82, 2.24) is 24.2 Å². The second kappa shape index (κ2) is 14.1. The van der Waals surface area contributed by atoms with Gasteiger partial charge in [-0.15, -0.1) is 0 Å². The first-order chi connectivity index (χ1) is 23.0. The first kappa shape index (κ1) is 33.6. The molecular formula is C34H34F4N6O3S. The number of alkyl halides is 3. The number of rotatable bonds is 10. The Hall–Kier alpha value is -4.27. The number of hydrogen-bond acceptors (Lipinski definition) is 8.